The average molecular weight is 269 g/mol. The van der Waals surface area contributed by atoms with Gasteiger partial charge < -0.3 is 19.7 Å². The summed E-state index contributed by atoms with van der Waals surface area (Å²) in [7, 11) is 2.53. The number of carbonyl (C=O) groups is 1. The Morgan fingerprint density at radius 3 is 2.37 bits per heavy atom. The van der Waals surface area contributed by atoms with Crippen molar-refractivity contribution in [3.63, 3.8) is 0 Å². The monoisotopic (exact) mass is 269 g/mol. The topological polar surface area (TPSA) is 119 Å². The van der Waals surface area contributed by atoms with Crippen molar-refractivity contribution in [2.24, 2.45) is 0 Å². The van der Waals surface area contributed by atoms with Crippen molar-refractivity contribution < 1.29 is 29.4 Å². The number of carboxylic acid groups (broad SMARTS) is 1. The summed E-state index contributed by atoms with van der Waals surface area (Å²) in [6.45, 7) is 0. The molecule has 8 heteroatoms. The highest BCUT2D eigenvalue weighted by Gasteiger charge is 2.21. The van der Waals surface area contributed by atoms with Crippen LogP contribution in [0.1, 0.15) is 5.56 Å². The van der Waals surface area contributed by atoms with Crippen LogP contribution in [-0.2, 0) is 4.79 Å². The zero-order chi connectivity index (χ0) is 14.6. The van der Waals surface area contributed by atoms with Gasteiger partial charge in [-0.25, -0.2) is 4.79 Å². The maximum absolute atomic E-state index is 10.9. The number of nitrogens with zero attached hydrogens (tertiary/aromatic N) is 1. The molecule has 0 fully saturated rings. The van der Waals surface area contributed by atoms with Crippen LogP contribution in [0.3, 0.4) is 0 Å². The van der Waals surface area contributed by atoms with Gasteiger partial charge >= 0.3 is 11.7 Å². The van der Waals surface area contributed by atoms with Crippen molar-refractivity contribution in [2.45, 2.75) is 0 Å². The second-order valence-electron chi connectivity index (χ2n) is 3.37. The first-order chi connectivity index (χ1) is 8.90. The number of nitro benzene ring substituents is 1. The number of aliphatic carboxylic acids is 1. The van der Waals surface area contributed by atoms with Gasteiger partial charge in [0.25, 0.3) is 0 Å². The zero-order valence-electron chi connectivity index (χ0n) is 10.1. The van der Waals surface area contributed by atoms with Gasteiger partial charge in [0.2, 0.25) is 11.5 Å². The molecule has 0 radical (unpaired) electrons. The van der Waals surface area contributed by atoms with Crippen LogP contribution in [0, 0.1) is 10.1 Å². The molecular formula is C11H11NO7. The van der Waals surface area contributed by atoms with Crippen molar-refractivity contribution in [3.05, 3.63) is 33.6 Å². The fourth-order valence-corrected chi connectivity index (χ4v) is 1.40. The fourth-order valence-electron chi connectivity index (χ4n) is 1.40. The second kappa shape index (κ2) is 5.71. The van der Waals surface area contributed by atoms with Crippen molar-refractivity contribution in [2.75, 3.05) is 14.2 Å². The number of benzene rings is 1. The van der Waals surface area contributed by atoms with Gasteiger partial charge in [0.05, 0.1) is 19.1 Å². The second-order valence-corrected chi connectivity index (χ2v) is 3.37. The van der Waals surface area contributed by atoms with Gasteiger partial charge in [-0.3, -0.25) is 10.1 Å². The van der Waals surface area contributed by atoms with Gasteiger partial charge in [0.15, 0.2) is 5.75 Å². The molecule has 1 aromatic carbocycles. The first-order valence-corrected chi connectivity index (χ1v) is 4.95. The molecule has 0 spiro atoms. The summed E-state index contributed by atoms with van der Waals surface area (Å²) >= 11 is 0. The SMILES string of the molecule is COc1cc(/C=C(\O)C(=O)O)cc([N+](=O)[O-])c1OC. The Balaban J connectivity index is 3.45. The Morgan fingerprint density at radius 2 is 1.95 bits per heavy atom. The molecule has 0 aliphatic rings. The molecule has 0 amide bonds. The summed E-state index contributed by atoms with van der Waals surface area (Å²) in [5.41, 5.74) is -0.296. The number of aliphatic hydroxyl groups excluding tert-OH is 1. The van der Waals surface area contributed by atoms with Crippen molar-refractivity contribution in [1.29, 1.82) is 0 Å². The van der Waals surface area contributed by atoms with Gasteiger partial charge in [-0.1, -0.05) is 0 Å². The third-order valence-electron chi connectivity index (χ3n) is 2.20. The molecule has 1 rings (SSSR count). The number of hydrogen-bond acceptors (Lipinski definition) is 6. The van der Waals surface area contributed by atoms with E-state index in [1.54, 1.807) is 0 Å². The highest BCUT2D eigenvalue weighted by molar-refractivity contribution is 5.89. The quantitative estimate of drug-likeness (QED) is 0.360. The van der Waals surface area contributed by atoms with Crippen molar-refractivity contribution >= 4 is 17.7 Å². The molecule has 19 heavy (non-hydrogen) atoms. The summed E-state index contributed by atoms with van der Waals surface area (Å²) in [5.74, 6) is -2.51. The molecule has 0 aliphatic carbocycles. The minimum atomic E-state index is -1.54. The standard InChI is InChI=1S/C11H11NO7/c1-18-9-5-6(4-8(13)11(14)15)3-7(12(16)17)10(9)19-2/h3-5,13H,1-2H3,(H,14,15)/b8-4-. The lowest BCUT2D eigenvalue weighted by Gasteiger charge is -2.08. The molecule has 2 N–H and O–H groups in total. The summed E-state index contributed by atoms with van der Waals surface area (Å²) < 4.78 is 9.79. The van der Waals surface area contributed by atoms with E-state index in [2.05, 4.69) is 0 Å². The number of nitro groups is 1. The summed E-state index contributed by atoms with van der Waals surface area (Å²) in [6, 6.07) is 2.38. The molecular weight excluding hydrogens is 258 g/mol. The van der Waals surface area contributed by atoms with Gasteiger partial charge in [0.1, 0.15) is 0 Å². The van der Waals surface area contributed by atoms with Crippen LogP contribution in [0.2, 0.25) is 0 Å². The van der Waals surface area contributed by atoms with Gasteiger partial charge in [0, 0.05) is 6.07 Å². The van der Waals surface area contributed by atoms with E-state index in [9.17, 15) is 14.9 Å². The molecule has 0 heterocycles. The summed E-state index contributed by atoms with van der Waals surface area (Å²) in [4.78, 5) is 20.7. The van der Waals surface area contributed by atoms with E-state index in [1.807, 2.05) is 0 Å². The van der Waals surface area contributed by atoms with Crippen LogP contribution in [0.5, 0.6) is 11.5 Å². The highest BCUT2D eigenvalue weighted by atomic mass is 16.6. The molecule has 0 saturated heterocycles. The normalized spacial score (nSPS) is 10.9. The largest absolute Gasteiger partial charge is 0.502 e. The smallest absolute Gasteiger partial charge is 0.370 e. The first kappa shape index (κ1) is 14.3. The zero-order valence-corrected chi connectivity index (χ0v) is 10.1. The lowest BCUT2D eigenvalue weighted by atomic mass is 10.1. The van der Waals surface area contributed by atoms with Crippen LogP contribution in [0.25, 0.3) is 6.08 Å². The molecule has 0 atom stereocenters. The molecule has 0 saturated carbocycles. The molecule has 0 aromatic heterocycles. The lowest BCUT2D eigenvalue weighted by Crippen LogP contribution is -2.00. The molecule has 0 aliphatic heterocycles. The van der Waals surface area contributed by atoms with Crippen LogP contribution in [-0.4, -0.2) is 35.3 Å². The average Bonchev–Trinajstić information content (AvgIpc) is 2.37. The van der Waals surface area contributed by atoms with Gasteiger partial charge in [-0.15, -0.1) is 0 Å². The van der Waals surface area contributed by atoms with Crippen molar-refractivity contribution in [1.82, 2.24) is 0 Å². The minimum absolute atomic E-state index is 0.0566. The van der Waals surface area contributed by atoms with E-state index in [0.717, 1.165) is 12.1 Å². The predicted molar refractivity (Wildman–Crippen MR) is 64.4 cm³/mol. The molecule has 102 valence electrons. The Morgan fingerprint density at radius 1 is 1.32 bits per heavy atom. The van der Waals surface area contributed by atoms with Crippen LogP contribution in [0.15, 0.2) is 17.9 Å². The number of methoxy groups -OCH3 is 2. The number of rotatable bonds is 5. The summed E-state index contributed by atoms with van der Waals surface area (Å²) in [5, 5.41) is 28.6. The van der Waals surface area contributed by atoms with E-state index >= 15 is 0 Å². The predicted octanol–water partition coefficient (Wildman–Crippen LogP) is 1.60. The van der Waals surface area contributed by atoms with E-state index in [1.165, 1.54) is 20.3 Å². The number of carboxylic acids is 1. The van der Waals surface area contributed by atoms with E-state index in [0.29, 0.717) is 0 Å². The van der Waals surface area contributed by atoms with E-state index in [-0.39, 0.29) is 17.1 Å². The fraction of sp³-hybridized carbons (Fsp3) is 0.182. The van der Waals surface area contributed by atoms with E-state index in [4.69, 9.17) is 19.7 Å². The number of hydrogen-bond donors (Lipinski definition) is 2. The summed E-state index contributed by atoms with van der Waals surface area (Å²) in [6.07, 6.45) is 0.872. The minimum Gasteiger partial charge on any atom is -0.502 e. The van der Waals surface area contributed by atoms with Crippen LogP contribution < -0.4 is 9.47 Å². The third-order valence-corrected chi connectivity index (χ3v) is 2.20. The third kappa shape index (κ3) is 3.12. The first-order valence-electron chi connectivity index (χ1n) is 4.95. The molecule has 0 bridgehead atoms. The van der Waals surface area contributed by atoms with Crippen molar-refractivity contribution in [3.8, 4) is 11.5 Å². The number of ether oxygens (including phenoxy) is 2. The number of aliphatic hydroxyl groups is 1. The highest BCUT2D eigenvalue weighted by Crippen LogP contribution is 2.38. The van der Waals surface area contributed by atoms with E-state index < -0.39 is 22.3 Å². The molecule has 8 nitrogen and oxygen atoms in total. The lowest BCUT2D eigenvalue weighted by molar-refractivity contribution is -0.385. The maximum atomic E-state index is 10.9. The Bertz CT molecular complexity index is 550. The van der Waals surface area contributed by atoms with Crippen LogP contribution in [0.4, 0.5) is 5.69 Å². The molecule has 1 aromatic rings. The maximum Gasteiger partial charge on any atom is 0.370 e. The van der Waals surface area contributed by atoms with Gasteiger partial charge in [-0.2, -0.15) is 0 Å². The Hall–Kier alpha value is -2.77. The Kier molecular flexibility index (Phi) is 4.30. The van der Waals surface area contributed by atoms with Gasteiger partial charge in [-0.05, 0) is 17.7 Å². The Labute approximate surface area is 107 Å². The van der Waals surface area contributed by atoms with Crippen LogP contribution >= 0.6 is 0 Å². The molecule has 0 unspecified atom stereocenters.